The van der Waals surface area contributed by atoms with Crippen molar-refractivity contribution in [3.8, 4) is 0 Å². The predicted molar refractivity (Wildman–Crippen MR) is 63.4 cm³/mol. The normalized spacial score (nSPS) is 20.4. The zero-order chi connectivity index (χ0) is 9.38. The third kappa shape index (κ3) is 1.87. The van der Waals surface area contributed by atoms with Crippen molar-refractivity contribution in [3.05, 3.63) is 36.1 Å². The Labute approximate surface area is 95.1 Å². The first-order valence-corrected chi connectivity index (χ1v) is 5.15. The minimum Gasteiger partial charge on any atom is -0.459 e. The van der Waals surface area contributed by atoms with E-state index in [2.05, 4.69) is 17.4 Å². The first-order chi connectivity index (χ1) is 6.93. The predicted octanol–water partition coefficient (Wildman–Crippen LogP) is 3.28. The number of fused-ring (bicyclic) bond motifs is 1. The molecule has 1 N–H and O–H groups in total. The Morgan fingerprint density at radius 2 is 2.13 bits per heavy atom. The van der Waals surface area contributed by atoms with Crippen molar-refractivity contribution in [1.82, 2.24) is 5.32 Å². The van der Waals surface area contributed by atoms with Crippen LogP contribution in [0.15, 0.2) is 34.7 Å². The van der Waals surface area contributed by atoms with Crippen LogP contribution in [0.2, 0.25) is 0 Å². The fraction of sp³-hybridized carbons (Fsp3) is 0.333. The second-order valence-electron chi connectivity index (χ2n) is 3.84. The van der Waals surface area contributed by atoms with Crippen LogP contribution in [0.1, 0.15) is 24.6 Å². The molecule has 0 saturated carbocycles. The molecule has 0 amide bonds. The molecule has 1 aromatic carbocycles. The molecule has 1 aliphatic heterocycles. The van der Waals surface area contributed by atoms with Gasteiger partial charge in [0.15, 0.2) is 0 Å². The zero-order valence-corrected chi connectivity index (χ0v) is 9.22. The highest BCUT2D eigenvalue weighted by Crippen LogP contribution is 2.28. The summed E-state index contributed by atoms with van der Waals surface area (Å²) in [6.45, 7) is 1.11. The van der Waals surface area contributed by atoms with Crippen molar-refractivity contribution in [2.45, 2.75) is 18.9 Å². The molecule has 1 atom stereocenters. The number of rotatable bonds is 1. The number of furan rings is 1. The number of nitrogens with one attached hydrogen (secondary N) is 1. The van der Waals surface area contributed by atoms with Gasteiger partial charge in [0.1, 0.15) is 11.3 Å². The maximum Gasteiger partial charge on any atom is 0.134 e. The number of para-hydroxylation sites is 1. The fourth-order valence-corrected chi connectivity index (χ4v) is 2.10. The van der Waals surface area contributed by atoms with Crippen LogP contribution >= 0.6 is 12.4 Å². The molecule has 2 nitrogen and oxygen atoms in total. The lowest BCUT2D eigenvalue weighted by atomic mass is 10.1. The van der Waals surface area contributed by atoms with E-state index < -0.39 is 0 Å². The van der Waals surface area contributed by atoms with Crippen molar-refractivity contribution in [2.24, 2.45) is 0 Å². The van der Waals surface area contributed by atoms with Crippen LogP contribution in [0, 0.1) is 0 Å². The second-order valence-corrected chi connectivity index (χ2v) is 3.84. The van der Waals surface area contributed by atoms with Crippen molar-refractivity contribution in [3.63, 3.8) is 0 Å². The summed E-state index contributed by atoms with van der Waals surface area (Å²) in [7, 11) is 0. The molecule has 1 saturated heterocycles. The van der Waals surface area contributed by atoms with E-state index in [1.165, 1.54) is 18.2 Å². The molecule has 0 radical (unpaired) electrons. The summed E-state index contributed by atoms with van der Waals surface area (Å²) in [6, 6.07) is 10.8. The molecule has 15 heavy (non-hydrogen) atoms. The summed E-state index contributed by atoms with van der Waals surface area (Å²) < 4.78 is 5.79. The monoisotopic (exact) mass is 223 g/mol. The van der Waals surface area contributed by atoms with E-state index in [9.17, 15) is 0 Å². The summed E-state index contributed by atoms with van der Waals surface area (Å²) in [6.07, 6.45) is 2.45. The van der Waals surface area contributed by atoms with E-state index in [0.717, 1.165) is 17.9 Å². The molecule has 1 fully saturated rings. The van der Waals surface area contributed by atoms with Crippen molar-refractivity contribution in [2.75, 3.05) is 6.54 Å². The van der Waals surface area contributed by atoms with Crippen molar-refractivity contribution < 1.29 is 4.42 Å². The highest BCUT2D eigenvalue weighted by molar-refractivity contribution is 5.85. The van der Waals surface area contributed by atoms with Crippen LogP contribution in [0.4, 0.5) is 0 Å². The molecule has 2 heterocycles. The zero-order valence-electron chi connectivity index (χ0n) is 8.40. The Balaban J connectivity index is 0.000000853. The Morgan fingerprint density at radius 1 is 1.27 bits per heavy atom. The summed E-state index contributed by atoms with van der Waals surface area (Å²) in [5.41, 5.74) is 0.996. The first-order valence-electron chi connectivity index (χ1n) is 5.15. The summed E-state index contributed by atoms with van der Waals surface area (Å²) in [5.74, 6) is 1.09. The van der Waals surface area contributed by atoms with Gasteiger partial charge < -0.3 is 9.73 Å². The SMILES string of the molecule is Cl.c1ccc2oc(C3CCCN3)cc2c1. The van der Waals surface area contributed by atoms with Crippen LogP contribution in [-0.2, 0) is 0 Å². The summed E-state index contributed by atoms with van der Waals surface area (Å²) in [4.78, 5) is 0. The fourth-order valence-electron chi connectivity index (χ4n) is 2.10. The largest absolute Gasteiger partial charge is 0.459 e. The number of benzene rings is 1. The Kier molecular flexibility index (Phi) is 2.98. The third-order valence-electron chi connectivity index (χ3n) is 2.85. The molecule has 1 aromatic heterocycles. The van der Waals surface area contributed by atoms with Crippen LogP contribution in [0.3, 0.4) is 0 Å². The molecule has 80 valence electrons. The first kappa shape index (κ1) is 10.5. The van der Waals surface area contributed by atoms with Crippen LogP contribution in [0.25, 0.3) is 11.0 Å². The van der Waals surface area contributed by atoms with Gasteiger partial charge in [-0.15, -0.1) is 12.4 Å². The summed E-state index contributed by atoms with van der Waals surface area (Å²) in [5, 5.41) is 4.64. The van der Waals surface area contributed by atoms with Crippen molar-refractivity contribution in [1.29, 1.82) is 0 Å². The Morgan fingerprint density at radius 3 is 2.87 bits per heavy atom. The van der Waals surface area contributed by atoms with E-state index >= 15 is 0 Å². The quantitative estimate of drug-likeness (QED) is 0.803. The number of halogens is 1. The maximum absolute atomic E-state index is 5.79. The van der Waals surface area contributed by atoms with E-state index in [1.54, 1.807) is 0 Å². The van der Waals surface area contributed by atoms with Crippen molar-refractivity contribution >= 4 is 23.4 Å². The second kappa shape index (κ2) is 4.25. The standard InChI is InChI=1S/C12H13NO.ClH/c1-2-6-11-9(4-1)8-12(14-11)10-5-3-7-13-10;/h1-2,4,6,8,10,13H,3,5,7H2;1H. The molecule has 1 unspecified atom stereocenters. The molecule has 3 heteroatoms. The lowest BCUT2D eigenvalue weighted by molar-refractivity contribution is 0.471. The van der Waals surface area contributed by atoms with E-state index in [4.69, 9.17) is 4.42 Å². The van der Waals surface area contributed by atoms with E-state index in [-0.39, 0.29) is 12.4 Å². The van der Waals surface area contributed by atoms with Gasteiger partial charge in [-0.3, -0.25) is 0 Å². The molecule has 2 aromatic rings. The van der Waals surface area contributed by atoms with Gasteiger partial charge in [0.25, 0.3) is 0 Å². The van der Waals surface area contributed by atoms with Gasteiger partial charge in [-0.25, -0.2) is 0 Å². The minimum atomic E-state index is 0. The average molecular weight is 224 g/mol. The van der Waals surface area contributed by atoms with Gasteiger partial charge >= 0.3 is 0 Å². The Hall–Kier alpha value is -0.990. The topological polar surface area (TPSA) is 25.2 Å². The maximum atomic E-state index is 5.79. The van der Waals surface area contributed by atoms with Gasteiger partial charge in [-0.1, -0.05) is 18.2 Å². The molecule has 3 rings (SSSR count). The highest BCUT2D eigenvalue weighted by Gasteiger charge is 2.19. The van der Waals surface area contributed by atoms with Gasteiger partial charge in [0.05, 0.1) is 6.04 Å². The van der Waals surface area contributed by atoms with Gasteiger partial charge in [-0.2, -0.15) is 0 Å². The van der Waals surface area contributed by atoms with Crippen LogP contribution in [0.5, 0.6) is 0 Å². The molecular formula is C12H14ClNO. The average Bonchev–Trinajstić information content (AvgIpc) is 2.86. The lowest BCUT2D eigenvalue weighted by Gasteiger charge is -2.04. The summed E-state index contributed by atoms with van der Waals surface area (Å²) >= 11 is 0. The number of hydrogen-bond acceptors (Lipinski definition) is 2. The molecule has 0 spiro atoms. The third-order valence-corrected chi connectivity index (χ3v) is 2.85. The smallest absolute Gasteiger partial charge is 0.134 e. The molecular weight excluding hydrogens is 210 g/mol. The number of hydrogen-bond donors (Lipinski definition) is 1. The Bertz CT molecular complexity index is 413. The molecule has 0 aliphatic carbocycles. The van der Waals surface area contributed by atoms with Gasteiger partial charge in [0.2, 0.25) is 0 Å². The molecule has 1 aliphatic rings. The minimum absolute atomic E-state index is 0. The molecule has 0 bridgehead atoms. The van der Waals surface area contributed by atoms with Gasteiger partial charge in [-0.05, 0) is 31.5 Å². The van der Waals surface area contributed by atoms with Crippen LogP contribution < -0.4 is 5.32 Å². The lowest BCUT2D eigenvalue weighted by Crippen LogP contribution is -2.11. The van der Waals surface area contributed by atoms with E-state index in [0.29, 0.717) is 6.04 Å². The highest BCUT2D eigenvalue weighted by atomic mass is 35.5. The van der Waals surface area contributed by atoms with E-state index in [1.807, 2.05) is 18.2 Å². The van der Waals surface area contributed by atoms with Gasteiger partial charge in [0, 0.05) is 5.39 Å². The van der Waals surface area contributed by atoms with Crippen LogP contribution in [-0.4, -0.2) is 6.54 Å².